The lowest BCUT2D eigenvalue weighted by molar-refractivity contribution is 0.415. The van der Waals surface area contributed by atoms with Gasteiger partial charge in [0.1, 0.15) is 0 Å². The number of hydrogen-bond acceptors (Lipinski definition) is 2. The van der Waals surface area contributed by atoms with Crippen LogP contribution in [0.5, 0.6) is 0 Å². The molecule has 0 radical (unpaired) electrons. The standard InChI is InChI=1S/C8H10N2O2/c11-7-6(5-2-1-3-5)4-9-8(12)10-7/h4-5H,1-3H2,(H2,9,10,11,12). The highest BCUT2D eigenvalue weighted by Crippen LogP contribution is 2.33. The summed E-state index contributed by atoms with van der Waals surface area (Å²) in [6.45, 7) is 0. The lowest BCUT2D eigenvalue weighted by Crippen LogP contribution is -2.28. The molecule has 1 aromatic heterocycles. The zero-order chi connectivity index (χ0) is 8.55. The molecule has 12 heavy (non-hydrogen) atoms. The molecule has 1 aliphatic rings. The van der Waals surface area contributed by atoms with Crippen LogP contribution in [0.25, 0.3) is 0 Å². The van der Waals surface area contributed by atoms with E-state index in [0.717, 1.165) is 18.4 Å². The van der Waals surface area contributed by atoms with E-state index in [1.807, 2.05) is 0 Å². The Balaban J connectivity index is 2.44. The molecule has 1 saturated carbocycles. The molecule has 4 nitrogen and oxygen atoms in total. The smallest absolute Gasteiger partial charge is 0.314 e. The number of nitrogens with one attached hydrogen (secondary N) is 2. The molecule has 2 rings (SSSR count). The third-order valence-electron chi connectivity index (χ3n) is 2.39. The van der Waals surface area contributed by atoms with Gasteiger partial charge in [0.15, 0.2) is 0 Å². The number of hydrogen-bond donors (Lipinski definition) is 2. The molecule has 2 N–H and O–H groups in total. The van der Waals surface area contributed by atoms with Crippen molar-refractivity contribution in [1.29, 1.82) is 0 Å². The topological polar surface area (TPSA) is 65.7 Å². The molecule has 0 bridgehead atoms. The van der Waals surface area contributed by atoms with Crippen molar-refractivity contribution in [2.45, 2.75) is 25.2 Å². The molecule has 1 aromatic rings. The quantitative estimate of drug-likeness (QED) is 0.631. The molecule has 1 heterocycles. The zero-order valence-electron chi connectivity index (χ0n) is 6.59. The van der Waals surface area contributed by atoms with Crippen LogP contribution in [0, 0.1) is 0 Å². The van der Waals surface area contributed by atoms with E-state index < -0.39 is 5.69 Å². The van der Waals surface area contributed by atoms with Gasteiger partial charge < -0.3 is 4.98 Å². The van der Waals surface area contributed by atoms with Crippen LogP contribution in [-0.2, 0) is 0 Å². The van der Waals surface area contributed by atoms with Crippen LogP contribution in [0.2, 0.25) is 0 Å². The second kappa shape index (κ2) is 2.62. The molecule has 0 aliphatic heterocycles. The average molecular weight is 166 g/mol. The van der Waals surface area contributed by atoms with Gasteiger partial charge in [-0.15, -0.1) is 0 Å². The third-order valence-corrected chi connectivity index (χ3v) is 2.39. The van der Waals surface area contributed by atoms with E-state index >= 15 is 0 Å². The van der Waals surface area contributed by atoms with Gasteiger partial charge in [-0.1, -0.05) is 6.42 Å². The minimum Gasteiger partial charge on any atom is -0.314 e. The summed E-state index contributed by atoms with van der Waals surface area (Å²) < 4.78 is 0. The molecule has 0 saturated heterocycles. The van der Waals surface area contributed by atoms with Gasteiger partial charge in [0, 0.05) is 11.8 Å². The summed E-state index contributed by atoms with van der Waals surface area (Å²) in [6, 6.07) is 0. The Hall–Kier alpha value is -1.32. The summed E-state index contributed by atoms with van der Waals surface area (Å²) in [5.41, 5.74) is 0.0624. The molecular formula is C8H10N2O2. The first kappa shape index (κ1) is 7.34. The molecule has 0 unspecified atom stereocenters. The summed E-state index contributed by atoms with van der Waals surface area (Å²) in [7, 11) is 0. The molecular weight excluding hydrogens is 156 g/mol. The van der Waals surface area contributed by atoms with Crippen LogP contribution in [0.15, 0.2) is 15.8 Å². The maximum Gasteiger partial charge on any atom is 0.325 e. The van der Waals surface area contributed by atoms with Gasteiger partial charge in [-0.25, -0.2) is 4.79 Å². The average Bonchev–Trinajstić information content (AvgIpc) is 1.91. The molecule has 1 aliphatic carbocycles. The lowest BCUT2D eigenvalue weighted by Gasteiger charge is -2.24. The van der Waals surface area contributed by atoms with E-state index in [1.54, 1.807) is 0 Å². The summed E-state index contributed by atoms with van der Waals surface area (Å²) >= 11 is 0. The first-order chi connectivity index (χ1) is 5.77. The number of aromatic nitrogens is 2. The van der Waals surface area contributed by atoms with Gasteiger partial charge in [0.25, 0.3) is 5.56 Å². The second-order valence-electron chi connectivity index (χ2n) is 3.16. The highest BCUT2D eigenvalue weighted by Gasteiger charge is 2.21. The van der Waals surface area contributed by atoms with Crippen LogP contribution in [-0.4, -0.2) is 9.97 Å². The van der Waals surface area contributed by atoms with Crippen LogP contribution in [0.3, 0.4) is 0 Å². The summed E-state index contributed by atoms with van der Waals surface area (Å²) in [4.78, 5) is 26.6. The molecule has 0 spiro atoms. The summed E-state index contributed by atoms with van der Waals surface area (Å²) in [5, 5.41) is 0. The largest absolute Gasteiger partial charge is 0.325 e. The molecule has 0 amide bonds. The number of aromatic amines is 2. The maximum atomic E-state index is 11.2. The van der Waals surface area contributed by atoms with Gasteiger partial charge in [0.05, 0.1) is 0 Å². The normalized spacial score (nSPS) is 17.3. The van der Waals surface area contributed by atoms with Gasteiger partial charge in [-0.05, 0) is 18.8 Å². The Kier molecular flexibility index (Phi) is 1.60. The van der Waals surface area contributed by atoms with E-state index in [2.05, 4.69) is 9.97 Å². The van der Waals surface area contributed by atoms with Crippen molar-refractivity contribution in [2.24, 2.45) is 0 Å². The van der Waals surface area contributed by atoms with Crippen molar-refractivity contribution in [1.82, 2.24) is 9.97 Å². The second-order valence-corrected chi connectivity index (χ2v) is 3.16. The Morgan fingerprint density at radius 2 is 2.08 bits per heavy atom. The minimum absolute atomic E-state index is 0.233. The Bertz CT molecular complexity index is 387. The third kappa shape index (κ3) is 1.09. The fourth-order valence-electron chi connectivity index (χ4n) is 1.44. The van der Waals surface area contributed by atoms with E-state index in [1.165, 1.54) is 12.6 Å². The Morgan fingerprint density at radius 3 is 2.58 bits per heavy atom. The van der Waals surface area contributed by atoms with Crippen molar-refractivity contribution in [3.8, 4) is 0 Å². The number of H-pyrrole nitrogens is 2. The first-order valence-corrected chi connectivity index (χ1v) is 4.09. The van der Waals surface area contributed by atoms with Gasteiger partial charge in [-0.3, -0.25) is 9.78 Å². The summed E-state index contributed by atoms with van der Waals surface area (Å²) in [5.74, 6) is 0.366. The van der Waals surface area contributed by atoms with Crippen molar-refractivity contribution in [3.05, 3.63) is 32.6 Å². The fourth-order valence-corrected chi connectivity index (χ4v) is 1.44. The van der Waals surface area contributed by atoms with E-state index in [4.69, 9.17) is 0 Å². The Labute approximate surface area is 68.6 Å². The van der Waals surface area contributed by atoms with Crippen LogP contribution in [0.4, 0.5) is 0 Å². The highest BCUT2D eigenvalue weighted by molar-refractivity contribution is 5.13. The summed E-state index contributed by atoms with van der Waals surface area (Å²) in [6.07, 6.45) is 4.85. The molecule has 4 heteroatoms. The predicted octanol–water partition coefficient (Wildman–Crippen LogP) is 0.331. The van der Waals surface area contributed by atoms with Crippen molar-refractivity contribution < 1.29 is 0 Å². The van der Waals surface area contributed by atoms with Crippen molar-refractivity contribution in [2.75, 3.05) is 0 Å². The van der Waals surface area contributed by atoms with E-state index in [-0.39, 0.29) is 5.56 Å². The van der Waals surface area contributed by atoms with Gasteiger partial charge >= 0.3 is 5.69 Å². The van der Waals surface area contributed by atoms with Gasteiger partial charge in [-0.2, -0.15) is 0 Å². The van der Waals surface area contributed by atoms with E-state index in [9.17, 15) is 9.59 Å². The van der Waals surface area contributed by atoms with Crippen molar-refractivity contribution >= 4 is 0 Å². The maximum absolute atomic E-state index is 11.2. The zero-order valence-corrected chi connectivity index (χ0v) is 6.59. The molecule has 0 aromatic carbocycles. The molecule has 64 valence electrons. The van der Waals surface area contributed by atoms with Gasteiger partial charge in [0.2, 0.25) is 0 Å². The molecule has 0 atom stereocenters. The van der Waals surface area contributed by atoms with Crippen molar-refractivity contribution in [3.63, 3.8) is 0 Å². The highest BCUT2D eigenvalue weighted by atomic mass is 16.2. The first-order valence-electron chi connectivity index (χ1n) is 4.09. The SMILES string of the molecule is O=c1[nH]cc(C2CCC2)c(=O)[nH]1. The monoisotopic (exact) mass is 166 g/mol. The Morgan fingerprint density at radius 1 is 1.33 bits per heavy atom. The fraction of sp³-hybridized carbons (Fsp3) is 0.500. The predicted molar refractivity (Wildman–Crippen MR) is 44.3 cm³/mol. The lowest BCUT2D eigenvalue weighted by atomic mass is 9.81. The molecule has 1 fully saturated rings. The minimum atomic E-state index is -0.428. The number of rotatable bonds is 1. The van der Waals surface area contributed by atoms with Crippen LogP contribution >= 0.6 is 0 Å². The van der Waals surface area contributed by atoms with Crippen LogP contribution in [0.1, 0.15) is 30.7 Å². The van der Waals surface area contributed by atoms with E-state index in [0.29, 0.717) is 5.92 Å². The van der Waals surface area contributed by atoms with Crippen LogP contribution < -0.4 is 11.2 Å².